The zero-order valence-corrected chi connectivity index (χ0v) is 18.1. The number of rotatable bonds is 7. The molecule has 0 bridgehead atoms. The quantitative estimate of drug-likeness (QED) is 0.357. The zero-order valence-electron chi connectivity index (χ0n) is 15.8. The fourth-order valence-electron chi connectivity index (χ4n) is 4.15. The van der Waals surface area contributed by atoms with Gasteiger partial charge in [-0.05, 0) is 62.2 Å². The van der Waals surface area contributed by atoms with Crippen molar-refractivity contribution in [2.24, 2.45) is 28.7 Å². The van der Waals surface area contributed by atoms with E-state index in [2.05, 4.69) is 34.4 Å². The molecule has 2 N–H and O–H groups in total. The fourth-order valence-corrected chi connectivity index (χ4v) is 4.15. The van der Waals surface area contributed by atoms with Crippen LogP contribution in [0, 0.1) is 23.7 Å². The van der Waals surface area contributed by atoms with Crippen LogP contribution in [0.5, 0.6) is 0 Å². The molecule has 1 heterocycles. The Bertz CT molecular complexity index is 384. The van der Waals surface area contributed by atoms with Crippen molar-refractivity contribution in [3.8, 4) is 0 Å². The largest absolute Gasteiger partial charge is 0.356 e. The highest BCUT2D eigenvalue weighted by Gasteiger charge is 2.41. The number of nitrogens with one attached hydrogen (secondary N) is 2. The molecule has 2 saturated carbocycles. The molecule has 0 aromatic heterocycles. The van der Waals surface area contributed by atoms with Gasteiger partial charge >= 0.3 is 0 Å². The van der Waals surface area contributed by atoms with Gasteiger partial charge < -0.3 is 15.5 Å². The van der Waals surface area contributed by atoms with Crippen LogP contribution in [0.1, 0.15) is 52.4 Å². The van der Waals surface area contributed by atoms with Crippen LogP contribution in [0.15, 0.2) is 4.99 Å². The Balaban J connectivity index is 0.00000208. The first-order valence-electron chi connectivity index (χ1n) is 9.85. The van der Waals surface area contributed by atoms with Gasteiger partial charge in [0.05, 0.1) is 0 Å². The molecule has 3 fully saturated rings. The second-order valence-corrected chi connectivity index (χ2v) is 8.40. The molecule has 0 radical (unpaired) electrons. The van der Waals surface area contributed by atoms with Gasteiger partial charge in [-0.3, -0.25) is 4.99 Å². The molecule has 3 aliphatic rings. The second kappa shape index (κ2) is 9.60. The molecular weight excluding hydrogens is 411 g/mol. The Morgan fingerprint density at radius 3 is 2.08 bits per heavy atom. The molecule has 5 heteroatoms. The van der Waals surface area contributed by atoms with E-state index in [1.54, 1.807) is 0 Å². The van der Waals surface area contributed by atoms with Gasteiger partial charge in [-0.25, -0.2) is 0 Å². The Hall–Kier alpha value is -0.0400. The third-order valence-corrected chi connectivity index (χ3v) is 5.74. The van der Waals surface area contributed by atoms with E-state index < -0.39 is 0 Å². The van der Waals surface area contributed by atoms with Gasteiger partial charge in [-0.2, -0.15) is 0 Å². The lowest BCUT2D eigenvalue weighted by Crippen LogP contribution is -2.50. The molecule has 0 unspecified atom stereocenters. The summed E-state index contributed by atoms with van der Waals surface area (Å²) in [6.45, 7) is 9.43. The summed E-state index contributed by atoms with van der Waals surface area (Å²) in [6, 6.07) is 0.588. The number of nitrogens with zero attached hydrogens (tertiary/aromatic N) is 2. The highest BCUT2D eigenvalue weighted by atomic mass is 127. The molecule has 1 aliphatic heterocycles. The normalized spacial score (nSPS) is 23.5. The maximum Gasteiger partial charge on any atom is 0.191 e. The van der Waals surface area contributed by atoms with Crippen molar-refractivity contribution in [3.63, 3.8) is 0 Å². The molecule has 24 heavy (non-hydrogen) atoms. The van der Waals surface area contributed by atoms with Gasteiger partial charge in [-0.15, -0.1) is 24.0 Å². The maximum absolute atomic E-state index is 4.46. The SMILES string of the molecule is CN=C(NCC(C1CC1)C1CC1)NC1CCN(CC(C)C)CC1.I. The molecular formula is C19H37IN4. The molecule has 0 aromatic carbocycles. The molecule has 140 valence electrons. The first kappa shape index (κ1) is 20.3. The number of aliphatic imine (C=N–C) groups is 1. The number of guanidine groups is 1. The summed E-state index contributed by atoms with van der Waals surface area (Å²) >= 11 is 0. The van der Waals surface area contributed by atoms with E-state index in [9.17, 15) is 0 Å². The Kier molecular flexibility index (Phi) is 8.11. The van der Waals surface area contributed by atoms with E-state index in [-0.39, 0.29) is 24.0 Å². The van der Waals surface area contributed by atoms with Crippen LogP contribution in [-0.2, 0) is 0 Å². The lowest BCUT2D eigenvalue weighted by atomic mass is 9.98. The van der Waals surface area contributed by atoms with Crippen LogP contribution < -0.4 is 10.6 Å². The van der Waals surface area contributed by atoms with Crippen molar-refractivity contribution < 1.29 is 0 Å². The van der Waals surface area contributed by atoms with Crippen LogP contribution in [0.25, 0.3) is 0 Å². The summed E-state index contributed by atoms with van der Waals surface area (Å²) in [6.07, 6.45) is 8.32. The first-order valence-corrected chi connectivity index (χ1v) is 9.85. The lowest BCUT2D eigenvalue weighted by molar-refractivity contribution is 0.186. The summed E-state index contributed by atoms with van der Waals surface area (Å²) < 4.78 is 0. The molecule has 0 aromatic rings. The average molecular weight is 448 g/mol. The summed E-state index contributed by atoms with van der Waals surface area (Å²) in [5.74, 6) is 4.72. The van der Waals surface area contributed by atoms with Gasteiger partial charge in [-0.1, -0.05) is 13.8 Å². The molecule has 0 spiro atoms. The summed E-state index contributed by atoms with van der Waals surface area (Å²) in [5.41, 5.74) is 0. The highest BCUT2D eigenvalue weighted by molar-refractivity contribution is 14.0. The predicted octanol–water partition coefficient (Wildman–Crippen LogP) is 3.33. The molecule has 2 aliphatic carbocycles. The lowest BCUT2D eigenvalue weighted by Gasteiger charge is -2.34. The van der Waals surface area contributed by atoms with Crippen molar-refractivity contribution in [1.29, 1.82) is 0 Å². The van der Waals surface area contributed by atoms with Gasteiger partial charge in [0.15, 0.2) is 5.96 Å². The van der Waals surface area contributed by atoms with Crippen molar-refractivity contribution in [2.75, 3.05) is 33.2 Å². The van der Waals surface area contributed by atoms with E-state index >= 15 is 0 Å². The molecule has 1 saturated heterocycles. The van der Waals surface area contributed by atoms with Crippen LogP contribution in [0.3, 0.4) is 0 Å². The molecule has 0 atom stereocenters. The number of piperidine rings is 1. The Morgan fingerprint density at radius 1 is 1.04 bits per heavy atom. The van der Waals surface area contributed by atoms with E-state index in [0.717, 1.165) is 36.2 Å². The topological polar surface area (TPSA) is 39.7 Å². The summed E-state index contributed by atoms with van der Waals surface area (Å²) in [5, 5.41) is 7.29. The fraction of sp³-hybridized carbons (Fsp3) is 0.947. The Labute approximate surface area is 165 Å². The minimum absolute atomic E-state index is 0. The number of halogens is 1. The number of likely N-dealkylation sites (tertiary alicyclic amines) is 1. The van der Waals surface area contributed by atoms with E-state index in [4.69, 9.17) is 0 Å². The van der Waals surface area contributed by atoms with Crippen molar-refractivity contribution in [2.45, 2.75) is 58.4 Å². The second-order valence-electron chi connectivity index (χ2n) is 8.40. The van der Waals surface area contributed by atoms with E-state index in [1.165, 1.54) is 58.2 Å². The van der Waals surface area contributed by atoms with Gasteiger partial charge in [0.1, 0.15) is 0 Å². The monoisotopic (exact) mass is 448 g/mol. The average Bonchev–Trinajstić information content (AvgIpc) is 3.41. The summed E-state index contributed by atoms with van der Waals surface area (Å²) in [7, 11) is 1.91. The van der Waals surface area contributed by atoms with E-state index in [0.29, 0.717) is 6.04 Å². The summed E-state index contributed by atoms with van der Waals surface area (Å²) in [4.78, 5) is 7.07. The van der Waals surface area contributed by atoms with Crippen LogP contribution in [0.2, 0.25) is 0 Å². The predicted molar refractivity (Wildman–Crippen MR) is 113 cm³/mol. The minimum Gasteiger partial charge on any atom is -0.356 e. The highest BCUT2D eigenvalue weighted by Crippen LogP contribution is 2.48. The standard InChI is InChI=1S/C19H36N4.HI/c1-14(2)13-23-10-8-17(9-11-23)22-19(20-3)21-12-18(15-4-5-15)16-6-7-16;/h14-18H,4-13H2,1-3H3,(H2,20,21,22);1H. The van der Waals surface area contributed by atoms with Gasteiger partial charge in [0, 0.05) is 39.3 Å². The van der Waals surface area contributed by atoms with Crippen molar-refractivity contribution in [3.05, 3.63) is 0 Å². The van der Waals surface area contributed by atoms with Crippen molar-refractivity contribution in [1.82, 2.24) is 15.5 Å². The third-order valence-electron chi connectivity index (χ3n) is 5.74. The minimum atomic E-state index is 0. The van der Waals surface area contributed by atoms with Gasteiger partial charge in [0.2, 0.25) is 0 Å². The molecule has 0 amide bonds. The smallest absolute Gasteiger partial charge is 0.191 e. The van der Waals surface area contributed by atoms with Crippen LogP contribution in [-0.4, -0.2) is 50.1 Å². The maximum atomic E-state index is 4.46. The number of hydrogen-bond donors (Lipinski definition) is 2. The number of hydrogen-bond acceptors (Lipinski definition) is 2. The zero-order chi connectivity index (χ0) is 16.2. The van der Waals surface area contributed by atoms with Crippen molar-refractivity contribution >= 4 is 29.9 Å². The van der Waals surface area contributed by atoms with Crippen LogP contribution in [0.4, 0.5) is 0 Å². The van der Waals surface area contributed by atoms with Gasteiger partial charge in [0.25, 0.3) is 0 Å². The Morgan fingerprint density at radius 2 is 1.62 bits per heavy atom. The molecule has 4 nitrogen and oxygen atoms in total. The van der Waals surface area contributed by atoms with Crippen LogP contribution >= 0.6 is 24.0 Å². The van der Waals surface area contributed by atoms with E-state index in [1.807, 2.05) is 7.05 Å². The third kappa shape index (κ3) is 6.36. The first-order chi connectivity index (χ1) is 11.2. The molecule has 3 rings (SSSR count).